The Labute approximate surface area is 544 Å². The number of rotatable bonds is 17. The Kier molecular flexibility index (Phi) is 23.3. The average Bonchev–Trinajstić information content (AvgIpc) is 1.74. The Bertz CT molecular complexity index is 3620. The number of thiazole rings is 1. The molecule has 0 spiro atoms. The molecule has 2 bridgehead atoms. The van der Waals surface area contributed by atoms with Crippen LogP contribution < -0.4 is 25.6 Å². The monoisotopic (exact) mass is 1310 g/mol. The third-order valence-electron chi connectivity index (χ3n) is 15.5. The first-order chi connectivity index (χ1) is 43.1. The third kappa shape index (κ3) is 17.6. The van der Waals surface area contributed by atoms with E-state index in [4.69, 9.17) is 30.5 Å². The number of thiophene rings is 1. The van der Waals surface area contributed by atoms with E-state index < -0.39 is 35.0 Å². The summed E-state index contributed by atoms with van der Waals surface area (Å²) in [4.78, 5) is 85.8. The molecule has 0 radical (unpaired) electrons. The third-order valence-corrected chi connectivity index (χ3v) is 17.9. The molecule has 2 unspecified atom stereocenters. The second kappa shape index (κ2) is 30.4. The first-order valence-corrected chi connectivity index (χ1v) is 33.0. The maximum absolute atomic E-state index is 16.9. The Balaban J connectivity index is 0.000000228. The number of piperazine rings is 1. The molecule has 4 aliphatic rings. The van der Waals surface area contributed by atoms with Gasteiger partial charge < -0.3 is 44.3 Å². The second-order valence-corrected chi connectivity index (χ2v) is 28.1. The predicted octanol–water partition coefficient (Wildman–Crippen LogP) is 12.8. The zero-order valence-electron chi connectivity index (χ0n) is 54.0. The van der Waals surface area contributed by atoms with Gasteiger partial charge in [-0.15, -0.1) is 22.7 Å². The molecular formula is C66H84ClF2N11O9S2. The summed E-state index contributed by atoms with van der Waals surface area (Å²) < 4.78 is 54.0. The van der Waals surface area contributed by atoms with Gasteiger partial charge in [-0.3, -0.25) is 24.6 Å². The lowest BCUT2D eigenvalue weighted by atomic mass is 9.97. The van der Waals surface area contributed by atoms with Crippen LogP contribution in [-0.4, -0.2) is 155 Å². The molecule has 10 rings (SSSR count). The lowest BCUT2D eigenvalue weighted by Crippen LogP contribution is -2.57. The van der Waals surface area contributed by atoms with Crippen LogP contribution in [0.4, 0.5) is 29.2 Å². The van der Waals surface area contributed by atoms with E-state index in [1.165, 1.54) is 32.7 Å². The summed E-state index contributed by atoms with van der Waals surface area (Å²) in [6.45, 7) is 26.6. The molecule has 4 atom stereocenters. The first kappa shape index (κ1) is 69.6. The van der Waals surface area contributed by atoms with Gasteiger partial charge in [-0.25, -0.2) is 23.4 Å². The number of hydrogen-bond acceptors (Lipinski definition) is 17. The summed E-state index contributed by atoms with van der Waals surface area (Å²) in [6.07, 6.45) is 4.19. The van der Waals surface area contributed by atoms with Crippen LogP contribution in [0.3, 0.4) is 0 Å². The van der Waals surface area contributed by atoms with Crippen molar-refractivity contribution in [3.63, 3.8) is 0 Å². The van der Waals surface area contributed by atoms with Crippen molar-refractivity contribution < 1.29 is 51.7 Å². The standard InChI is InChI=1S/C34H35ClF2N6O5S.C28H39N5O4S.C4H10/c1-33(2,3)47-31(44)41-29-20(13-38)23-18(10-11-22(36)27(23)49-29)24-21(35)12-19-26(25(24)37)39-30(46-7)40-28(19)42-14-16-8-9-17(15-42)43(16)32(45)48-34(4,5)6;1-20(22-7-9-23(10-8-22)27-21(2)30-19-38-27)31-28(36)24-6-3-15-33(24)26(35)18-29-25(34)11-17-37-16-5-14-32-12-4-13-32;1-4(2)3/h10-12,16-17H,8-9,14-15H2,1-7H3,(H,41,44);7-10,19-20,24H,3-6,11-18H2,1-2H3,(H,29,34)(H,31,36);4H,1-3H3/t;20-,24-;/m.0./s1. The van der Waals surface area contributed by atoms with Crippen LogP contribution in [0.25, 0.3) is 42.6 Å². The van der Waals surface area contributed by atoms with E-state index in [0.717, 1.165) is 77.2 Å². The van der Waals surface area contributed by atoms with Gasteiger partial charge in [0.2, 0.25) is 17.7 Å². The molecule has 0 aliphatic carbocycles. The van der Waals surface area contributed by atoms with Crippen LogP contribution in [-0.2, 0) is 28.6 Å². The van der Waals surface area contributed by atoms with E-state index in [1.807, 2.05) is 75.4 Å². The van der Waals surface area contributed by atoms with Crippen molar-refractivity contribution in [2.75, 3.05) is 76.4 Å². The zero-order valence-corrected chi connectivity index (χ0v) is 56.4. The largest absolute Gasteiger partial charge is 0.467 e. The minimum absolute atomic E-state index is 0.0231. The van der Waals surface area contributed by atoms with Crippen LogP contribution in [0.15, 0.2) is 48.0 Å². The molecule has 4 fully saturated rings. The number of ether oxygens (including phenoxy) is 4. The Morgan fingerprint density at radius 1 is 0.890 bits per heavy atom. The fourth-order valence-corrected chi connectivity index (χ4v) is 13.4. The quantitative estimate of drug-likeness (QED) is 0.0721. The molecular weight excluding hydrogens is 1230 g/mol. The molecule has 7 heterocycles. The smallest absolute Gasteiger partial charge is 0.412 e. The molecule has 91 heavy (non-hydrogen) atoms. The molecule has 6 aromatic rings. The van der Waals surface area contributed by atoms with Gasteiger partial charge in [0, 0.05) is 55.5 Å². The molecule has 4 aliphatic heterocycles. The number of amides is 5. The summed E-state index contributed by atoms with van der Waals surface area (Å²) in [6, 6.07) is 13.1. The van der Waals surface area contributed by atoms with Gasteiger partial charge in [-0.2, -0.15) is 15.2 Å². The van der Waals surface area contributed by atoms with E-state index >= 15 is 8.78 Å². The minimum atomic E-state index is -0.830. The van der Waals surface area contributed by atoms with Crippen LogP contribution in [0.1, 0.15) is 137 Å². The van der Waals surface area contributed by atoms with Gasteiger partial charge in [0.15, 0.2) is 5.82 Å². The lowest BCUT2D eigenvalue weighted by Gasteiger charge is -2.42. The van der Waals surface area contributed by atoms with Crippen molar-refractivity contribution in [1.82, 2.24) is 40.3 Å². The van der Waals surface area contributed by atoms with Gasteiger partial charge in [0.05, 0.1) is 69.8 Å². The van der Waals surface area contributed by atoms with Crippen molar-refractivity contribution in [2.45, 2.75) is 156 Å². The molecule has 4 saturated heterocycles. The number of carbonyl (C=O) groups is 5. The number of methoxy groups -OCH3 is 1. The van der Waals surface area contributed by atoms with Crippen LogP contribution in [0.2, 0.25) is 5.02 Å². The second-order valence-electron chi connectivity index (χ2n) is 25.8. The predicted molar refractivity (Wildman–Crippen MR) is 352 cm³/mol. The maximum Gasteiger partial charge on any atom is 0.412 e. The number of aromatic nitrogens is 3. The summed E-state index contributed by atoms with van der Waals surface area (Å²) >= 11 is 9.28. The van der Waals surface area contributed by atoms with Crippen LogP contribution in [0.5, 0.6) is 6.01 Å². The van der Waals surface area contributed by atoms with Gasteiger partial charge in [0.1, 0.15) is 45.5 Å². The Hall–Kier alpha value is -7.30. The van der Waals surface area contributed by atoms with E-state index in [-0.39, 0.29) is 103 Å². The molecule has 20 nitrogen and oxygen atoms in total. The number of aryl methyl sites for hydroxylation is 1. The lowest BCUT2D eigenvalue weighted by molar-refractivity contribution is -0.139. The normalized spacial score (nSPS) is 17.5. The highest BCUT2D eigenvalue weighted by Gasteiger charge is 2.45. The first-order valence-electron chi connectivity index (χ1n) is 31.0. The van der Waals surface area contributed by atoms with Gasteiger partial charge >= 0.3 is 18.2 Å². The number of likely N-dealkylation sites (tertiary alicyclic amines) is 2. The molecule has 5 amide bonds. The van der Waals surface area contributed by atoms with Gasteiger partial charge in [-0.05, 0) is 142 Å². The zero-order chi connectivity index (χ0) is 66.1. The summed E-state index contributed by atoms with van der Waals surface area (Å²) in [5, 5.41) is 18.9. The number of nitrogens with zero attached hydrogens (tertiary/aromatic N) is 8. The number of nitriles is 1. The Morgan fingerprint density at radius 3 is 2.18 bits per heavy atom. The van der Waals surface area contributed by atoms with Crippen molar-refractivity contribution in [2.24, 2.45) is 5.92 Å². The average molecular weight is 1310 g/mol. The van der Waals surface area contributed by atoms with Crippen LogP contribution in [0, 0.1) is 35.8 Å². The molecule has 0 saturated carbocycles. The number of benzene rings is 3. The van der Waals surface area contributed by atoms with Crippen molar-refractivity contribution in [1.29, 1.82) is 5.26 Å². The summed E-state index contributed by atoms with van der Waals surface area (Å²) in [5.41, 5.74) is 3.34. The van der Waals surface area contributed by atoms with E-state index in [2.05, 4.69) is 56.6 Å². The fraction of sp³-hybridized carbons (Fsp3) is 0.530. The number of fused-ring (bicyclic) bond motifs is 4. The minimum Gasteiger partial charge on any atom is -0.467 e. The highest BCUT2D eigenvalue weighted by Crippen LogP contribution is 2.47. The number of carbonyl (C=O) groups excluding carboxylic acids is 5. The fourth-order valence-electron chi connectivity index (χ4n) is 11.3. The van der Waals surface area contributed by atoms with Gasteiger partial charge in [0.25, 0.3) is 0 Å². The van der Waals surface area contributed by atoms with Crippen molar-refractivity contribution >= 4 is 96.0 Å². The summed E-state index contributed by atoms with van der Waals surface area (Å²) in [5.74, 6) is -0.888. The van der Waals surface area contributed by atoms with Crippen molar-refractivity contribution in [3.05, 3.63) is 81.5 Å². The highest BCUT2D eigenvalue weighted by atomic mass is 35.5. The van der Waals surface area contributed by atoms with Gasteiger partial charge in [-0.1, -0.05) is 62.7 Å². The molecule has 3 aromatic carbocycles. The number of anilines is 2. The molecule has 490 valence electrons. The number of hydrogen-bond donors (Lipinski definition) is 3. The SMILES string of the molecule is CC(C)C.COc1nc(N2CC3CCC(C2)N3C(=O)OC(C)(C)C)c2cc(Cl)c(-c3ccc(F)c4sc(NC(=O)OC(C)(C)C)c(C#N)c34)c(F)c2n1.Cc1ncsc1-c1ccc([C@H](C)NC(=O)[C@@H]2CCCN2C(=O)CNC(=O)CCOCCCN2CCC2)cc1. The topological polar surface area (TPSA) is 234 Å². The van der Waals surface area contributed by atoms with Crippen molar-refractivity contribution in [3.8, 4) is 33.6 Å². The maximum atomic E-state index is 16.9. The van der Waals surface area contributed by atoms with E-state index in [0.29, 0.717) is 50.5 Å². The number of nitrogens with one attached hydrogen (secondary N) is 3. The molecule has 3 aromatic heterocycles. The number of halogens is 3. The Morgan fingerprint density at radius 2 is 1.57 bits per heavy atom. The molecule has 25 heteroatoms. The van der Waals surface area contributed by atoms with E-state index in [1.54, 1.807) is 48.0 Å². The van der Waals surface area contributed by atoms with Crippen LogP contribution >= 0.6 is 34.3 Å². The molecule has 3 N–H and O–H groups in total. The highest BCUT2D eigenvalue weighted by molar-refractivity contribution is 7.23. The summed E-state index contributed by atoms with van der Waals surface area (Å²) in [7, 11) is 1.37. The van der Waals surface area contributed by atoms with E-state index in [9.17, 15) is 29.2 Å².